The quantitative estimate of drug-likeness (QED) is 0.0772. The highest BCUT2D eigenvalue weighted by molar-refractivity contribution is 7.84. The Morgan fingerprint density at radius 3 is 1.73 bits per heavy atom. The van der Waals surface area contributed by atoms with E-state index in [2.05, 4.69) is 17.1 Å². The Hall–Kier alpha value is -1.17. The molecule has 0 spiro atoms. The van der Waals surface area contributed by atoms with Gasteiger partial charge in [-0.15, -0.1) is 0 Å². The number of hydrogen-bond donors (Lipinski definition) is 2. The molecule has 1 saturated heterocycles. The predicted molar refractivity (Wildman–Crippen MR) is 165 cm³/mol. The lowest BCUT2D eigenvalue weighted by Crippen LogP contribution is -2.36. The van der Waals surface area contributed by atoms with Gasteiger partial charge in [0.05, 0.1) is 0 Å². The molecular formula is C32H59N2O5P. The molecular weight excluding hydrogens is 523 g/mol. The third-order valence-electron chi connectivity index (χ3n) is 7.90. The summed E-state index contributed by atoms with van der Waals surface area (Å²) < 4.78 is 0. The smallest absolute Gasteiger partial charge is 0.217 e. The largest absolute Gasteiger partial charge is 0.360 e. The van der Waals surface area contributed by atoms with Gasteiger partial charge < -0.3 is 15.1 Å². The van der Waals surface area contributed by atoms with Crippen LogP contribution in [0.5, 0.6) is 0 Å². The second-order valence-corrected chi connectivity index (χ2v) is 13.4. The Bertz CT molecular complexity index is 711. The van der Waals surface area contributed by atoms with Gasteiger partial charge in [-0.1, -0.05) is 90.4 Å². The molecule has 0 aliphatic carbocycles. The van der Waals surface area contributed by atoms with Gasteiger partial charge in [-0.05, 0) is 51.7 Å². The van der Waals surface area contributed by atoms with Crippen molar-refractivity contribution >= 4 is 30.9 Å². The maximum absolute atomic E-state index is 12.6. The molecule has 0 aromatic heterocycles. The zero-order chi connectivity index (χ0) is 29.4. The van der Waals surface area contributed by atoms with Gasteiger partial charge in [0.1, 0.15) is 5.78 Å². The van der Waals surface area contributed by atoms with Crippen LogP contribution in [0.25, 0.3) is 0 Å². The van der Waals surface area contributed by atoms with E-state index >= 15 is 0 Å². The van der Waals surface area contributed by atoms with Gasteiger partial charge >= 0.3 is 0 Å². The highest BCUT2D eigenvalue weighted by atomic mass is 31.1. The fourth-order valence-electron chi connectivity index (χ4n) is 5.52. The molecule has 0 saturated carbocycles. The van der Waals surface area contributed by atoms with Crippen molar-refractivity contribution in [1.82, 2.24) is 10.2 Å². The van der Waals surface area contributed by atoms with Crippen LogP contribution in [-0.4, -0.2) is 58.2 Å². The molecule has 232 valence electrons. The first kappa shape index (κ1) is 36.9. The highest BCUT2D eigenvalue weighted by Crippen LogP contribution is 2.36. The number of ketones is 1. The third kappa shape index (κ3) is 19.8. The summed E-state index contributed by atoms with van der Waals surface area (Å²) in [6, 6.07) is -0.663. The summed E-state index contributed by atoms with van der Waals surface area (Å²) in [6.45, 7) is 6.78. The molecule has 0 radical (unpaired) electrons. The van der Waals surface area contributed by atoms with Crippen molar-refractivity contribution in [2.75, 3.05) is 19.6 Å². The number of unbranched alkanes of at least 4 members (excludes halogenated alkanes) is 14. The van der Waals surface area contributed by atoms with E-state index in [1.54, 1.807) is 0 Å². The van der Waals surface area contributed by atoms with E-state index in [0.717, 1.165) is 45.3 Å². The van der Waals surface area contributed by atoms with Crippen LogP contribution in [0.1, 0.15) is 155 Å². The molecule has 40 heavy (non-hydrogen) atoms. The van der Waals surface area contributed by atoms with Crippen molar-refractivity contribution in [3.05, 3.63) is 0 Å². The normalized spacial score (nSPS) is 15.2. The van der Waals surface area contributed by atoms with E-state index in [4.69, 9.17) is 0 Å². The monoisotopic (exact) mass is 582 g/mol. The van der Waals surface area contributed by atoms with Gasteiger partial charge in [0.25, 0.3) is 0 Å². The van der Waals surface area contributed by atoms with Crippen LogP contribution in [0, 0.1) is 0 Å². The topological polar surface area (TPSA) is 104 Å². The molecule has 1 rings (SSSR count). The first-order valence-corrected chi connectivity index (χ1v) is 17.7. The van der Waals surface area contributed by atoms with Gasteiger partial charge in [0.15, 0.2) is 19.2 Å². The maximum Gasteiger partial charge on any atom is 0.217 e. The third-order valence-corrected chi connectivity index (χ3v) is 9.25. The predicted octanol–water partition coefficient (Wildman–Crippen LogP) is 7.42. The minimum Gasteiger partial charge on any atom is -0.360 e. The summed E-state index contributed by atoms with van der Waals surface area (Å²) >= 11 is 0. The summed E-state index contributed by atoms with van der Waals surface area (Å²) in [5, 5.41) is 2.67. The second kappa shape index (κ2) is 24.4. The maximum atomic E-state index is 12.6. The zero-order valence-corrected chi connectivity index (χ0v) is 26.6. The van der Waals surface area contributed by atoms with Gasteiger partial charge in [0.2, 0.25) is 5.91 Å². The fourth-order valence-corrected chi connectivity index (χ4v) is 6.56. The summed E-state index contributed by atoms with van der Waals surface area (Å²) in [6.07, 6.45) is 22.1. The molecule has 1 amide bonds. The van der Waals surface area contributed by atoms with Gasteiger partial charge in [-0.2, -0.15) is 0 Å². The summed E-state index contributed by atoms with van der Waals surface area (Å²) in [5.41, 5.74) is -0.959. The Morgan fingerprint density at radius 2 is 1.20 bits per heavy atom. The van der Waals surface area contributed by atoms with E-state index in [1.807, 2.05) is 0 Å². The molecule has 7 nitrogen and oxygen atoms in total. The Labute approximate surface area is 245 Å². The Balaban J connectivity index is 2.15. The number of Topliss-reactive ketones (excluding diaryl/α,β-unsaturated/α-hetero) is 1. The van der Waals surface area contributed by atoms with Crippen LogP contribution in [-0.2, 0) is 19.2 Å². The van der Waals surface area contributed by atoms with Crippen molar-refractivity contribution in [3.8, 4) is 0 Å². The van der Waals surface area contributed by atoms with E-state index in [1.165, 1.54) is 90.4 Å². The fraction of sp³-hybridized carbons (Fsp3) is 0.875. The molecule has 1 aliphatic heterocycles. The zero-order valence-electron chi connectivity index (χ0n) is 25.7. The first-order valence-electron chi connectivity index (χ1n) is 16.4. The standard InChI is InChI=1S/C32H59N2O5P/c1-3-4-5-6-7-8-9-10-11-12-13-14-15-16-21-30(36)26-29(33-28(2)35)27-32(38)40(39)31(37)22-17-18-23-34-24-19-20-25-34/h29,39H,3-27H2,1-2H3,(H,33,35). The molecule has 1 heterocycles. The number of rotatable bonds is 27. The summed E-state index contributed by atoms with van der Waals surface area (Å²) in [7, 11) is -2.39. The minimum atomic E-state index is -2.39. The van der Waals surface area contributed by atoms with Crippen molar-refractivity contribution in [1.29, 1.82) is 0 Å². The lowest BCUT2D eigenvalue weighted by molar-refractivity contribution is -0.122. The number of carbonyl (C=O) groups is 4. The number of hydrogen-bond acceptors (Lipinski definition) is 6. The van der Waals surface area contributed by atoms with Crippen molar-refractivity contribution < 1.29 is 24.1 Å². The number of likely N-dealkylation sites (tertiary alicyclic amines) is 1. The van der Waals surface area contributed by atoms with E-state index in [9.17, 15) is 24.1 Å². The highest BCUT2D eigenvalue weighted by Gasteiger charge is 2.28. The lowest BCUT2D eigenvalue weighted by Gasteiger charge is -2.18. The molecule has 8 heteroatoms. The summed E-state index contributed by atoms with van der Waals surface area (Å²) in [5.74, 6) is -0.307. The molecule has 1 aliphatic rings. The molecule has 0 aromatic rings. The van der Waals surface area contributed by atoms with Crippen LogP contribution >= 0.6 is 8.15 Å². The van der Waals surface area contributed by atoms with Crippen LogP contribution in [0.3, 0.4) is 0 Å². The summed E-state index contributed by atoms with van der Waals surface area (Å²) in [4.78, 5) is 61.8. The second-order valence-electron chi connectivity index (χ2n) is 11.8. The van der Waals surface area contributed by atoms with Crippen LogP contribution < -0.4 is 5.32 Å². The van der Waals surface area contributed by atoms with Crippen LogP contribution in [0.15, 0.2) is 0 Å². The molecule has 0 aromatic carbocycles. The Kier molecular flexibility index (Phi) is 22.5. The average molecular weight is 583 g/mol. The number of nitrogens with one attached hydrogen (secondary N) is 1. The first-order chi connectivity index (χ1) is 19.3. The molecule has 0 bridgehead atoms. The van der Waals surface area contributed by atoms with Crippen molar-refractivity contribution in [2.45, 2.75) is 161 Å². The Morgan fingerprint density at radius 1 is 0.700 bits per heavy atom. The molecule has 2 atom stereocenters. The number of nitrogens with zero attached hydrogens (tertiary/aromatic N) is 1. The molecule has 2 N–H and O–H groups in total. The van der Waals surface area contributed by atoms with Gasteiger partial charge in [-0.25, -0.2) is 0 Å². The van der Waals surface area contributed by atoms with Gasteiger partial charge in [-0.3, -0.25) is 19.2 Å². The van der Waals surface area contributed by atoms with Crippen molar-refractivity contribution in [3.63, 3.8) is 0 Å². The molecule has 2 unspecified atom stereocenters. The van der Waals surface area contributed by atoms with E-state index in [-0.39, 0.29) is 31.0 Å². The van der Waals surface area contributed by atoms with Crippen LogP contribution in [0.2, 0.25) is 0 Å². The number of carbonyl (C=O) groups excluding carboxylic acids is 4. The number of amides is 1. The van der Waals surface area contributed by atoms with E-state index in [0.29, 0.717) is 12.8 Å². The van der Waals surface area contributed by atoms with Gasteiger partial charge in [0, 0.05) is 38.6 Å². The van der Waals surface area contributed by atoms with Crippen molar-refractivity contribution in [2.24, 2.45) is 0 Å². The SMILES string of the molecule is CCCCCCCCCCCCCCCCC(=O)CC(CC(=O)P(O)C(=O)CCCCN1CCCC1)NC(C)=O. The molecule has 1 fully saturated rings. The lowest BCUT2D eigenvalue weighted by atomic mass is 10.0. The minimum absolute atomic E-state index is 0.0148. The average Bonchev–Trinajstić information content (AvgIpc) is 3.44. The van der Waals surface area contributed by atoms with Crippen LogP contribution in [0.4, 0.5) is 0 Å². The van der Waals surface area contributed by atoms with E-state index < -0.39 is 25.2 Å².